The predicted octanol–water partition coefficient (Wildman–Crippen LogP) is 3.02. The molecule has 2 heterocycles. The van der Waals surface area contributed by atoms with Crippen LogP contribution in [0.1, 0.15) is 40.0 Å². The summed E-state index contributed by atoms with van der Waals surface area (Å²) in [4.78, 5) is 53.7. The Morgan fingerprint density at radius 2 is 1.07 bits per heavy atom. The van der Waals surface area contributed by atoms with Crippen LogP contribution in [0.4, 0.5) is 11.4 Å². The Hall–Kier alpha value is -3.28. The summed E-state index contributed by atoms with van der Waals surface area (Å²) in [5.74, 6) is -0.584. The highest BCUT2D eigenvalue weighted by molar-refractivity contribution is 6.34. The summed E-state index contributed by atoms with van der Waals surface area (Å²) in [5.41, 5.74) is 1.71. The second-order valence-electron chi connectivity index (χ2n) is 8.40. The lowest BCUT2D eigenvalue weighted by Gasteiger charge is -2.19. The van der Waals surface area contributed by atoms with Gasteiger partial charge in [-0.2, -0.15) is 0 Å². The van der Waals surface area contributed by atoms with E-state index in [2.05, 4.69) is 0 Å². The van der Waals surface area contributed by atoms with Crippen LogP contribution in [0.2, 0.25) is 0 Å². The lowest BCUT2D eigenvalue weighted by Crippen LogP contribution is -2.33. The number of carbonyl (C=O) groups excluding carboxylic acids is 4. The van der Waals surface area contributed by atoms with E-state index >= 15 is 0 Å². The second kappa shape index (κ2) is 5.63. The van der Waals surface area contributed by atoms with E-state index in [9.17, 15) is 19.2 Å². The molecular formula is C23H18N2O4. The van der Waals surface area contributed by atoms with E-state index in [1.165, 1.54) is 4.90 Å². The first-order chi connectivity index (χ1) is 14.1. The molecule has 6 nitrogen and oxygen atoms in total. The molecule has 0 aromatic heterocycles. The van der Waals surface area contributed by atoms with Crippen LogP contribution in [-0.2, 0) is 9.59 Å². The van der Waals surface area contributed by atoms with E-state index < -0.39 is 0 Å². The highest BCUT2D eigenvalue weighted by Crippen LogP contribution is 2.56. The summed E-state index contributed by atoms with van der Waals surface area (Å²) in [6, 6.07) is 13.3. The Balaban J connectivity index is 1.31. The molecule has 4 aliphatic rings. The van der Waals surface area contributed by atoms with Crippen molar-refractivity contribution in [2.75, 3.05) is 9.80 Å². The molecule has 4 amide bonds. The standard InChI is InChI=1S/C23H18N2O4/c26-20-16-3-1-2-4-17(16)21(27)24(20)14-7-9-15(10-8-14)25-22(28)18-12-5-6-13(11-12)19(18)23(25)29/h1-4,7-10,12-13,18-19H,5-6,11H2/t12-,13-,18-,19+/m1/s1. The first kappa shape index (κ1) is 16.7. The van der Waals surface area contributed by atoms with Crippen LogP contribution in [-0.4, -0.2) is 23.6 Å². The van der Waals surface area contributed by atoms with Crippen molar-refractivity contribution in [2.24, 2.45) is 23.7 Å². The van der Waals surface area contributed by atoms with E-state index in [1.54, 1.807) is 48.5 Å². The third-order valence-electron chi connectivity index (χ3n) is 7.09. The zero-order chi connectivity index (χ0) is 19.9. The molecule has 2 aromatic rings. The lowest BCUT2D eigenvalue weighted by atomic mass is 9.81. The van der Waals surface area contributed by atoms with Gasteiger partial charge >= 0.3 is 0 Å². The first-order valence-electron chi connectivity index (χ1n) is 10.0. The van der Waals surface area contributed by atoms with Crippen molar-refractivity contribution < 1.29 is 19.2 Å². The SMILES string of the molecule is O=C1c2ccccc2C(=O)N1c1ccc(N2C(=O)[C@@H]3[C@@H]4CC[C@H](C4)[C@@H]3C2=O)cc1. The Morgan fingerprint density at radius 1 is 0.621 bits per heavy atom. The minimum atomic E-state index is -0.363. The van der Waals surface area contributed by atoms with Gasteiger partial charge in [0, 0.05) is 0 Å². The maximum absolute atomic E-state index is 13.0. The summed E-state index contributed by atoms with van der Waals surface area (Å²) in [7, 11) is 0. The smallest absolute Gasteiger partial charge is 0.266 e. The molecule has 2 aliphatic heterocycles. The molecule has 144 valence electrons. The van der Waals surface area contributed by atoms with Crippen LogP contribution in [0.3, 0.4) is 0 Å². The minimum absolute atomic E-state index is 0.0966. The van der Waals surface area contributed by atoms with Gasteiger partial charge in [-0.3, -0.25) is 24.1 Å². The number of benzene rings is 2. The van der Waals surface area contributed by atoms with Gasteiger partial charge in [-0.25, -0.2) is 4.90 Å². The van der Waals surface area contributed by atoms with E-state index in [0.29, 0.717) is 34.3 Å². The van der Waals surface area contributed by atoms with Crippen molar-refractivity contribution in [1.82, 2.24) is 0 Å². The van der Waals surface area contributed by atoms with Gasteiger partial charge in [0.25, 0.3) is 11.8 Å². The number of nitrogens with zero attached hydrogens (tertiary/aromatic N) is 2. The zero-order valence-corrected chi connectivity index (χ0v) is 15.6. The van der Waals surface area contributed by atoms with Crippen LogP contribution >= 0.6 is 0 Å². The molecule has 4 atom stereocenters. The highest BCUT2D eigenvalue weighted by Gasteiger charge is 2.61. The zero-order valence-electron chi connectivity index (χ0n) is 15.6. The van der Waals surface area contributed by atoms with Crippen LogP contribution < -0.4 is 9.80 Å². The van der Waals surface area contributed by atoms with Crippen molar-refractivity contribution >= 4 is 35.0 Å². The van der Waals surface area contributed by atoms with E-state index in [4.69, 9.17) is 0 Å². The molecule has 0 N–H and O–H groups in total. The van der Waals surface area contributed by atoms with Gasteiger partial charge in [0.15, 0.2) is 0 Å². The van der Waals surface area contributed by atoms with Crippen LogP contribution in [0.15, 0.2) is 48.5 Å². The molecule has 2 saturated carbocycles. The van der Waals surface area contributed by atoms with Gasteiger partial charge in [0.05, 0.1) is 34.3 Å². The molecule has 2 aliphatic carbocycles. The largest absolute Gasteiger partial charge is 0.274 e. The number of hydrogen-bond donors (Lipinski definition) is 0. The van der Waals surface area contributed by atoms with Crippen LogP contribution in [0, 0.1) is 23.7 Å². The Kier molecular flexibility index (Phi) is 3.23. The molecule has 0 radical (unpaired) electrons. The molecule has 29 heavy (non-hydrogen) atoms. The molecular weight excluding hydrogens is 368 g/mol. The molecule has 2 aromatic carbocycles. The summed E-state index contributed by atoms with van der Waals surface area (Å²) in [6.45, 7) is 0. The summed E-state index contributed by atoms with van der Waals surface area (Å²) < 4.78 is 0. The Morgan fingerprint density at radius 3 is 1.55 bits per heavy atom. The average Bonchev–Trinajstić information content (AvgIpc) is 3.47. The van der Waals surface area contributed by atoms with Crippen molar-refractivity contribution in [1.29, 1.82) is 0 Å². The lowest BCUT2D eigenvalue weighted by molar-refractivity contribution is -0.123. The first-order valence-corrected chi connectivity index (χ1v) is 10.0. The quantitative estimate of drug-likeness (QED) is 0.744. The summed E-state index contributed by atoms with van der Waals surface area (Å²) in [6.07, 6.45) is 3.08. The Bertz CT molecular complexity index is 1040. The van der Waals surface area contributed by atoms with Crippen molar-refractivity contribution in [3.8, 4) is 0 Å². The average molecular weight is 386 g/mol. The fraction of sp³-hybridized carbons (Fsp3) is 0.304. The van der Waals surface area contributed by atoms with Crippen molar-refractivity contribution in [3.63, 3.8) is 0 Å². The van der Waals surface area contributed by atoms with E-state index in [0.717, 1.165) is 24.2 Å². The summed E-state index contributed by atoms with van der Waals surface area (Å²) in [5, 5.41) is 0. The van der Waals surface area contributed by atoms with E-state index in [1.807, 2.05) is 0 Å². The molecule has 0 spiro atoms. The number of amides is 4. The van der Waals surface area contributed by atoms with Gasteiger partial charge in [-0.05, 0) is 67.5 Å². The van der Waals surface area contributed by atoms with Crippen molar-refractivity contribution in [2.45, 2.75) is 19.3 Å². The molecule has 1 saturated heterocycles. The van der Waals surface area contributed by atoms with E-state index in [-0.39, 0.29) is 35.5 Å². The molecule has 6 heteroatoms. The third kappa shape index (κ3) is 2.06. The second-order valence-corrected chi connectivity index (χ2v) is 8.40. The Labute approximate surface area is 167 Å². The molecule has 3 fully saturated rings. The number of anilines is 2. The maximum atomic E-state index is 13.0. The summed E-state index contributed by atoms with van der Waals surface area (Å²) >= 11 is 0. The minimum Gasteiger partial charge on any atom is -0.274 e. The van der Waals surface area contributed by atoms with Gasteiger partial charge in [-0.15, -0.1) is 0 Å². The van der Waals surface area contributed by atoms with Gasteiger partial charge in [0.1, 0.15) is 0 Å². The highest BCUT2D eigenvalue weighted by atomic mass is 16.2. The molecule has 2 bridgehead atoms. The fourth-order valence-corrected chi connectivity index (χ4v) is 5.84. The molecule has 0 unspecified atom stereocenters. The van der Waals surface area contributed by atoms with Gasteiger partial charge < -0.3 is 0 Å². The number of carbonyl (C=O) groups is 4. The van der Waals surface area contributed by atoms with Crippen LogP contribution in [0.25, 0.3) is 0 Å². The number of rotatable bonds is 2. The number of hydrogen-bond acceptors (Lipinski definition) is 4. The maximum Gasteiger partial charge on any atom is 0.266 e. The number of fused-ring (bicyclic) bond motifs is 6. The van der Waals surface area contributed by atoms with Crippen LogP contribution in [0.5, 0.6) is 0 Å². The monoisotopic (exact) mass is 386 g/mol. The predicted molar refractivity (Wildman–Crippen MR) is 104 cm³/mol. The fourth-order valence-electron chi connectivity index (χ4n) is 5.84. The van der Waals surface area contributed by atoms with Gasteiger partial charge in [-0.1, -0.05) is 12.1 Å². The number of imide groups is 2. The topological polar surface area (TPSA) is 74.8 Å². The van der Waals surface area contributed by atoms with Gasteiger partial charge in [0.2, 0.25) is 11.8 Å². The normalized spacial score (nSPS) is 29.8. The molecule has 6 rings (SSSR count). The third-order valence-corrected chi connectivity index (χ3v) is 7.09. The van der Waals surface area contributed by atoms with Crippen molar-refractivity contribution in [3.05, 3.63) is 59.7 Å².